The van der Waals surface area contributed by atoms with E-state index in [1.165, 1.54) is 4.90 Å². The molecule has 0 unspecified atom stereocenters. The van der Waals surface area contributed by atoms with Crippen LogP contribution in [-0.2, 0) is 9.59 Å². The third-order valence-corrected chi connectivity index (χ3v) is 5.63. The van der Waals surface area contributed by atoms with Crippen molar-refractivity contribution >= 4 is 29.9 Å². The van der Waals surface area contributed by atoms with Crippen molar-refractivity contribution in [2.45, 2.75) is 26.7 Å². The van der Waals surface area contributed by atoms with E-state index in [0.717, 1.165) is 35.5 Å². The number of carboxylic acid groups (broad SMARTS) is 1. The Bertz CT molecular complexity index is 1210. The zero-order chi connectivity index (χ0) is 26.1. The van der Waals surface area contributed by atoms with Crippen LogP contribution in [0.4, 0.5) is 0 Å². The molecule has 1 aliphatic heterocycles. The molecule has 0 radical (unpaired) electrons. The average Bonchev–Trinajstić information content (AvgIpc) is 3.49. The van der Waals surface area contributed by atoms with E-state index in [2.05, 4.69) is 24.3 Å². The Morgan fingerprint density at radius 2 is 1.97 bits per heavy atom. The number of benzene rings is 2. The lowest BCUT2D eigenvalue weighted by molar-refractivity contribution is -0.123. The normalized spacial score (nSPS) is 12.7. The van der Waals surface area contributed by atoms with Gasteiger partial charge < -0.3 is 20.1 Å². The molecule has 190 valence electrons. The summed E-state index contributed by atoms with van der Waals surface area (Å²) in [7, 11) is 0. The van der Waals surface area contributed by atoms with Crippen molar-refractivity contribution in [3.8, 4) is 22.7 Å². The summed E-state index contributed by atoms with van der Waals surface area (Å²) in [5.74, 6) is 0.915. The smallest absolute Gasteiger partial charge is 0.290 e. The van der Waals surface area contributed by atoms with Gasteiger partial charge in [0.25, 0.3) is 12.4 Å². The van der Waals surface area contributed by atoms with Crippen molar-refractivity contribution in [2.75, 3.05) is 19.8 Å². The zero-order valence-electron chi connectivity index (χ0n) is 20.2. The third-order valence-electron chi connectivity index (χ3n) is 5.39. The van der Waals surface area contributed by atoms with Crippen LogP contribution in [0.5, 0.6) is 5.75 Å². The van der Waals surface area contributed by atoms with Gasteiger partial charge in [-0.2, -0.15) is 5.10 Å². The second-order valence-corrected chi connectivity index (χ2v) is 9.02. The highest BCUT2D eigenvalue weighted by Gasteiger charge is 2.27. The van der Waals surface area contributed by atoms with E-state index in [0.29, 0.717) is 17.5 Å². The van der Waals surface area contributed by atoms with Crippen LogP contribution in [0, 0.1) is 5.92 Å². The molecule has 36 heavy (non-hydrogen) atoms. The summed E-state index contributed by atoms with van der Waals surface area (Å²) in [6, 6.07) is 16.8. The van der Waals surface area contributed by atoms with Crippen molar-refractivity contribution in [2.24, 2.45) is 5.92 Å². The van der Waals surface area contributed by atoms with Gasteiger partial charge in [0.1, 0.15) is 12.3 Å². The molecule has 1 saturated heterocycles. The number of rotatable bonds is 8. The fourth-order valence-corrected chi connectivity index (χ4v) is 3.88. The van der Waals surface area contributed by atoms with Crippen LogP contribution in [0.25, 0.3) is 16.9 Å². The van der Waals surface area contributed by atoms with Crippen LogP contribution < -0.4 is 10.1 Å². The maximum absolute atomic E-state index is 13.0. The molecule has 4 rings (SSSR count). The van der Waals surface area contributed by atoms with Crippen LogP contribution in [0.2, 0.25) is 5.02 Å². The number of ether oxygens (including phenoxy) is 1. The molecule has 1 aromatic heterocycles. The van der Waals surface area contributed by atoms with Crippen molar-refractivity contribution in [3.63, 3.8) is 0 Å². The van der Waals surface area contributed by atoms with Crippen molar-refractivity contribution in [1.82, 2.24) is 20.0 Å². The molecule has 1 aliphatic rings. The SMILES string of the molecule is CC(C)CCCOc1cccc(-c2cc(C(=O)N3CNC(=O)C3)nn2-c2cccc(Cl)c2)c1.O=CO. The lowest BCUT2D eigenvalue weighted by Gasteiger charge is -2.11. The first-order valence-electron chi connectivity index (χ1n) is 11.6. The maximum atomic E-state index is 13.0. The maximum Gasteiger partial charge on any atom is 0.290 e. The molecule has 1 fully saturated rings. The summed E-state index contributed by atoms with van der Waals surface area (Å²) in [5.41, 5.74) is 2.57. The predicted molar refractivity (Wildman–Crippen MR) is 136 cm³/mol. The first-order chi connectivity index (χ1) is 17.3. The average molecular weight is 513 g/mol. The van der Waals surface area contributed by atoms with Gasteiger partial charge in [0.05, 0.1) is 24.7 Å². The van der Waals surface area contributed by atoms with Crippen LogP contribution >= 0.6 is 11.6 Å². The molecule has 0 atom stereocenters. The summed E-state index contributed by atoms with van der Waals surface area (Å²) in [5, 5.41) is 14.7. The molecule has 0 bridgehead atoms. The largest absolute Gasteiger partial charge is 0.494 e. The number of nitrogens with one attached hydrogen (secondary N) is 1. The van der Waals surface area contributed by atoms with Gasteiger partial charge in [0.2, 0.25) is 5.91 Å². The lowest BCUT2D eigenvalue weighted by atomic mass is 10.1. The summed E-state index contributed by atoms with van der Waals surface area (Å²) in [6.07, 6.45) is 2.10. The Kier molecular flexibility index (Phi) is 9.46. The molecule has 0 aliphatic carbocycles. The summed E-state index contributed by atoms with van der Waals surface area (Å²) < 4.78 is 7.66. The molecule has 9 nitrogen and oxygen atoms in total. The molecule has 2 N–H and O–H groups in total. The Labute approximate surface area is 214 Å². The van der Waals surface area contributed by atoms with Crippen molar-refractivity contribution in [1.29, 1.82) is 0 Å². The highest BCUT2D eigenvalue weighted by molar-refractivity contribution is 6.30. The Morgan fingerprint density at radius 3 is 2.64 bits per heavy atom. The summed E-state index contributed by atoms with van der Waals surface area (Å²) in [6.45, 7) is 5.00. The van der Waals surface area contributed by atoms with Gasteiger partial charge in [-0.15, -0.1) is 0 Å². The van der Waals surface area contributed by atoms with E-state index >= 15 is 0 Å². The van der Waals surface area contributed by atoms with Gasteiger partial charge in [-0.1, -0.05) is 43.6 Å². The number of nitrogens with zero attached hydrogens (tertiary/aromatic N) is 3. The molecular formula is C26H29ClN4O5. The third kappa shape index (κ3) is 7.08. The van der Waals surface area contributed by atoms with Crippen LogP contribution in [0.3, 0.4) is 0 Å². The fraction of sp³-hybridized carbons (Fsp3) is 0.308. The molecule has 0 saturated carbocycles. The summed E-state index contributed by atoms with van der Waals surface area (Å²) >= 11 is 6.22. The molecule has 2 heterocycles. The minimum Gasteiger partial charge on any atom is -0.494 e. The van der Waals surface area contributed by atoms with Gasteiger partial charge in [0.15, 0.2) is 5.69 Å². The number of halogens is 1. The number of aromatic nitrogens is 2. The minimum absolute atomic E-state index is 0.0257. The zero-order valence-corrected chi connectivity index (χ0v) is 20.9. The monoisotopic (exact) mass is 512 g/mol. The molecule has 2 aromatic carbocycles. The lowest BCUT2D eigenvalue weighted by Crippen LogP contribution is -2.30. The number of hydrogen-bond donors (Lipinski definition) is 2. The van der Waals surface area contributed by atoms with Gasteiger partial charge in [0, 0.05) is 10.6 Å². The fourth-order valence-electron chi connectivity index (χ4n) is 3.70. The number of hydrogen-bond acceptors (Lipinski definition) is 5. The van der Waals surface area contributed by atoms with E-state index in [1.807, 2.05) is 36.4 Å². The van der Waals surface area contributed by atoms with E-state index in [9.17, 15) is 9.59 Å². The minimum atomic E-state index is -0.309. The highest BCUT2D eigenvalue weighted by atomic mass is 35.5. The number of carbonyl (C=O) groups excluding carboxylic acids is 2. The molecule has 10 heteroatoms. The van der Waals surface area contributed by atoms with Crippen molar-refractivity contribution < 1.29 is 24.2 Å². The molecule has 2 amide bonds. The Hall–Kier alpha value is -3.85. The van der Waals surface area contributed by atoms with E-state index in [4.69, 9.17) is 26.2 Å². The van der Waals surface area contributed by atoms with Crippen LogP contribution in [0.1, 0.15) is 37.2 Å². The highest BCUT2D eigenvalue weighted by Crippen LogP contribution is 2.29. The topological polar surface area (TPSA) is 114 Å². The predicted octanol–water partition coefficient (Wildman–Crippen LogP) is 4.24. The first-order valence-corrected chi connectivity index (χ1v) is 11.9. The van der Waals surface area contributed by atoms with E-state index in [1.54, 1.807) is 22.9 Å². The van der Waals surface area contributed by atoms with E-state index in [-0.39, 0.29) is 37.2 Å². The van der Waals surface area contributed by atoms with Gasteiger partial charge in [-0.05, 0) is 55.2 Å². The quantitative estimate of drug-likeness (QED) is 0.345. The number of amides is 2. The Balaban J connectivity index is 0.00000115. The molecule has 3 aromatic rings. The first kappa shape index (κ1) is 26.7. The van der Waals surface area contributed by atoms with Gasteiger partial charge in [-0.3, -0.25) is 14.4 Å². The van der Waals surface area contributed by atoms with Crippen molar-refractivity contribution in [3.05, 3.63) is 65.3 Å². The van der Waals surface area contributed by atoms with Crippen LogP contribution in [-0.4, -0.2) is 57.9 Å². The Morgan fingerprint density at radius 1 is 1.22 bits per heavy atom. The number of carbonyl (C=O) groups is 3. The molecule has 0 spiro atoms. The standard InChI is InChI=1S/C25H27ClN4O3.CH2O2/c1-17(2)6-5-11-33-21-10-3-7-18(12-21)23-14-22(25(32)29-15-24(31)27-16-29)28-30(23)20-9-4-8-19(26)13-20;2-1-3/h3-4,7-10,12-14,17H,5-6,11,15-16H2,1-2H3,(H,27,31);1H,(H,2,3). The van der Waals surface area contributed by atoms with Gasteiger partial charge in [-0.25, -0.2) is 4.68 Å². The second-order valence-electron chi connectivity index (χ2n) is 8.59. The summed E-state index contributed by atoms with van der Waals surface area (Å²) in [4.78, 5) is 34.4. The van der Waals surface area contributed by atoms with Gasteiger partial charge >= 0.3 is 0 Å². The van der Waals surface area contributed by atoms with E-state index < -0.39 is 0 Å². The van der Waals surface area contributed by atoms with Crippen LogP contribution in [0.15, 0.2) is 54.6 Å². The second kappa shape index (κ2) is 12.7. The molecular weight excluding hydrogens is 484 g/mol.